The number of halogens is 2. The zero-order valence-corrected chi connectivity index (χ0v) is 25.0. The van der Waals surface area contributed by atoms with Gasteiger partial charge in [0.05, 0.1) is 36.7 Å². The summed E-state index contributed by atoms with van der Waals surface area (Å²) in [6.07, 6.45) is 1.01. The van der Waals surface area contributed by atoms with E-state index in [1.165, 1.54) is 12.1 Å². The molecule has 0 aromatic heterocycles. The molecule has 2 unspecified atom stereocenters. The molecule has 5 rings (SSSR count). The number of amides is 2. The minimum Gasteiger partial charge on any atom is -0.389 e. The average molecular weight is 606 g/mol. The number of carbonyl (C=O) groups is 2. The van der Waals surface area contributed by atoms with Crippen molar-refractivity contribution in [3.8, 4) is 0 Å². The summed E-state index contributed by atoms with van der Waals surface area (Å²) in [5.41, 5.74) is 2.12. The third-order valence-electron chi connectivity index (χ3n) is 8.66. The maximum absolute atomic E-state index is 14.1. The van der Waals surface area contributed by atoms with E-state index in [0.29, 0.717) is 31.7 Å². The molecule has 2 saturated heterocycles. The second-order valence-corrected chi connectivity index (χ2v) is 11.9. The number of likely N-dealkylation sites (tertiary alicyclic amines) is 1. The van der Waals surface area contributed by atoms with Gasteiger partial charge < -0.3 is 25.4 Å². The van der Waals surface area contributed by atoms with Crippen molar-refractivity contribution in [2.24, 2.45) is 5.92 Å². The molecule has 3 aromatic carbocycles. The molecule has 2 aliphatic rings. The van der Waals surface area contributed by atoms with Gasteiger partial charge in [0.1, 0.15) is 11.6 Å². The number of aliphatic hydroxyl groups excluding tert-OH is 1. The number of nitrogens with zero attached hydrogens (tertiary/aromatic N) is 1. The fraction of sp³-hybridized carbons (Fsp3) is 0.429. The molecule has 3 N–H and O–H groups in total. The third kappa shape index (κ3) is 7.88. The maximum Gasteiger partial charge on any atom is 0.231 e. The third-order valence-corrected chi connectivity index (χ3v) is 8.66. The molecular formula is C35H41F2N3O4. The van der Waals surface area contributed by atoms with Crippen LogP contribution in [0.1, 0.15) is 48.8 Å². The van der Waals surface area contributed by atoms with E-state index in [9.17, 15) is 23.5 Å². The van der Waals surface area contributed by atoms with Crippen molar-refractivity contribution < 1.29 is 28.2 Å². The zero-order chi connectivity index (χ0) is 31.1. The molecule has 2 aliphatic heterocycles. The summed E-state index contributed by atoms with van der Waals surface area (Å²) < 4.78 is 34.3. The van der Waals surface area contributed by atoms with Gasteiger partial charge in [0, 0.05) is 31.7 Å². The summed E-state index contributed by atoms with van der Waals surface area (Å²) in [6, 6.07) is 21.0. The fourth-order valence-corrected chi connectivity index (χ4v) is 6.34. The maximum atomic E-state index is 14.1. The highest BCUT2D eigenvalue weighted by Gasteiger charge is 2.46. The molecule has 0 radical (unpaired) electrons. The van der Waals surface area contributed by atoms with Crippen molar-refractivity contribution in [3.05, 3.63) is 107 Å². The van der Waals surface area contributed by atoms with Crippen LogP contribution in [0.4, 0.5) is 8.78 Å². The van der Waals surface area contributed by atoms with Crippen LogP contribution < -0.4 is 10.6 Å². The lowest BCUT2D eigenvalue weighted by molar-refractivity contribution is -0.131. The van der Waals surface area contributed by atoms with Gasteiger partial charge in [-0.3, -0.25) is 9.59 Å². The van der Waals surface area contributed by atoms with Crippen LogP contribution in [-0.4, -0.2) is 65.7 Å². The van der Waals surface area contributed by atoms with E-state index >= 15 is 0 Å². The summed E-state index contributed by atoms with van der Waals surface area (Å²) in [4.78, 5) is 29.2. The van der Waals surface area contributed by atoms with Crippen molar-refractivity contribution in [2.75, 3.05) is 19.6 Å². The predicted octanol–water partition coefficient (Wildman–Crippen LogP) is 4.34. The number of carbonyl (C=O) groups excluding carboxylic acids is 2. The molecule has 9 heteroatoms. The van der Waals surface area contributed by atoms with Crippen LogP contribution in [0, 0.1) is 17.6 Å². The van der Waals surface area contributed by atoms with Gasteiger partial charge >= 0.3 is 0 Å². The Labute approximate surface area is 257 Å². The first-order chi connectivity index (χ1) is 21.3. The molecule has 0 saturated carbocycles. The Bertz CT molecular complexity index is 1370. The number of hydrogen-bond donors (Lipinski definition) is 3. The Morgan fingerprint density at radius 1 is 1.05 bits per heavy atom. The van der Waals surface area contributed by atoms with E-state index in [1.807, 2.05) is 60.7 Å². The van der Waals surface area contributed by atoms with Crippen LogP contribution in [-0.2, 0) is 27.4 Å². The minimum atomic E-state index is -1.08. The number of benzene rings is 3. The summed E-state index contributed by atoms with van der Waals surface area (Å²) >= 11 is 0. The van der Waals surface area contributed by atoms with E-state index in [1.54, 1.807) is 4.90 Å². The molecular weight excluding hydrogens is 564 g/mol. The van der Waals surface area contributed by atoms with Gasteiger partial charge in [-0.25, -0.2) is 8.78 Å². The highest BCUT2D eigenvalue weighted by atomic mass is 19.1. The lowest BCUT2D eigenvalue weighted by Crippen LogP contribution is -2.54. The summed E-state index contributed by atoms with van der Waals surface area (Å²) in [7, 11) is 0. The van der Waals surface area contributed by atoms with Crippen molar-refractivity contribution in [2.45, 2.75) is 69.4 Å². The Morgan fingerprint density at radius 3 is 2.41 bits per heavy atom. The van der Waals surface area contributed by atoms with Crippen molar-refractivity contribution in [1.29, 1.82) is 0 Å². The SMILES string of the molecule is CCCCN1CC(C(=O)N[C@@H](Cc2cc(F)cc(F)c2)[C@H](O)[C@H]2C[C@@H](OCc3ccccc3)CN2)C(c2ccccc2)C1=O. The van der Waals surface area contributed by atoms with Gasteiger partial charge in [0.2, 0.25) is 11.8 Å². The smallest absolute Gasteiger partial charge is 0.231 e. The van der Waals surface area contributed by atoms with Crippen LogP contribution in [0.3, 0.4) is 0 Å². The number of unbranched alkanes of at least 4 members (excludes halogenated alkanes) is 1. The molecule has 2 fully saturated rings. The molecule has 234 valence electrons. The summed E-state index contributed by atoms with van der Waals surface area (Å²) in [6.45, 7) is 3.83. The Morgan fingerprint density at radius 2 is 1.73 bits per heavy atom. The quantitative estimate of drug-likeness (QED) is 0.270. The minimum absolute atomic E-state index is 0.00548. The van der Waals surface area contributed by atoms with E-state index < -0.39 is 41.7 Å². The number of nitrogens with one attached hydrogen (secondary N) is 2. The van der Waals surface area contributed by atoms with Crippen LogP contribution in [0.5, 0.6) is 0 Å². The molecule has 0 spiro atoms. The largest absolute Gasteiger partial charge is 0.389 e. The van der Waals surface area contributed by atoms with Crippen LogP contribution in [0.15, 0.2) is 78.9 Å². The molecule has 7 nitrogen and oxygen atoms in total. The number of aliphatic hydroxyl groups is 1. The Balaban J connectivity index is 1.33. The van der Waals surface area contributed by atoms with Gasteiger partial charge in [-0.1, -0.05) is 74.0 Å². The molecule has 3 aromatic rings. The summed E-state index contributed by atoms with van der Waals surface area (Å²) in [5, 5.41) is 17.9. The van der Waals surface area contributed by atoms with Crippen molar-refractivity contribution in [3.63, 3.8) is 0 Å². The molecule has 6 atom stereocenters. The first-order valence-electron chi connectivity index (χ1n) is 15.5. The standard InChI is InChI=1S/C35H41F2N3O4/c1-2-3-14-40-21-29(32(35(40)43)25-12-8-5-9-13-25)34(42)39-31(17-24-15-26(36)18-27(37)16-24)33(41)30-19-28(20-38-30)44-22-23-10-6-4-7-11-23/h4-13,15-16,18,28-33,38,41H,2-3,14,17,19-22H2,1H3,(H,39,42)/t28-,29?,30-,31+,32?,33-/m1/s1. The summed E-state index contributed by atoms with van der Waals surface area (Å²) in [5.74, 6) is -3.26. The monoisotopic (exact) mass is 605 g/mol. The van der Waals surface area contributed by atoms with Crippen LogP contribution in [0.25, 0.3) is 0 Å². The van der Waals surface area contributed by atoms with E-state index in [4.69, 9.17) is 4.74 Å². The van der Waals surface area contributed by atoms with Gasteiger partial charge in [-0.2, -0.15) is 0 Å². The van der Waals surface area contributed by atoms with Gasteiger partial charge in [-0.15, -0.1) is 0 Å². The van der Waals surface area contributed by atoms with Gasteiger partial charge in [-0.05, 0) is 48.1 Å². The van der Waals surface area contributed by atoms with Crippen molar-refractivity contribution in [1.82, 2.24) is 15.5 Å². The molecule has 2 heterocycles. The van der Waals surface area contributed by atoms with Crippen molar-refractivity contribution >= 4 is 11.8 Å². The Kier molecular flexibility index (Phi) is 10.7. The number of rotatable bonds is 13. The Hall–Kier alpha value is -3.66. The van der Waals surface area contributed by atoms with Crippen LogP contribution >= 0.6 is 0 Å². The fourth-order valence-electron chi connectivity index (χ4n) is 6.34. The number of ether oxygens (including phenoxy) is 1. The normalized spacial score (nSPS) is 23.1. The van der Waals surface area contributed by atoms with E-state index in [-0.39, 0.29) is 30.9 Å². The molecule has 0 bridgehead atoms. The van der Waals surface area contributed by atoms with Gasteiger partial charge in [0.15, 0.2) is 0 Å². The van der Waals surface area contributed by atoms with E-state index in [0.717, 1.165) is 30.0 Å². The predicted molar refractivity (Wildman–Crippen MR) is 164 cm³/mol. The zero-order valence-electron chi connectivity index (χ0n) is 25.0. The second kappa shape index (κ2) is 14.9. The lowest BCUT2D eigenvalue weighted by atomic mass is 9.87. The number of hydrogen-bond acceptors (Lipinski definition) is 5. The molecule has 44 heavy (non-hydrogen) atoms. The molecule has 0 aliphatic carbocycles. The average Bonchev–Trinajstić information content (AvgIpc) is 3.63. The first kappa shape index (κ1) is 31.8. The highest BCUT2D eigenvalue weighted by molar-refractivity contribution is 5.95. The van der Waals surface area contributed by atoms with Crippen LogP contribution in [0.2, 0.25) is 0 Å². The first-order valence-corrected chi connectivity index (χ1v) is 15.5. The highest BCUT2D eigenvalue weighted by Crippen LogP contribution is 2.35. The lowest BCUT2D eigenvalue weighted by Gasteiger charge is -2.30. The topological polar surface area (TPSA) is 90.9 Å². The van der Waals surface area contributed by atoms with Gasteiger partial charge in [0.25, 0.3) is 0 Å². The second-order valence-electron chi connectivity index (χ2n) is 11.9. The van der Waals surface area contributed by atoms with E-state index in [2.05, 4.69) is 17.6 Å². The molecule has 2 amide bonds.